The van der Waals surface area contributed by atoms with Gasteiger partial charge in [0.15, 0.2) is 6.04 Å². The molecular weight excluding hydrogens is 330 g/mol. The van der Waals surface area contributed by atoms with Gasteiger partial charge in [-0.15, -0.1) is 0 Å². The Morgan fingerprint density at radius 1 is 1.08 bits per heavy atom. The molecule has 0 radical (unpaired) electrons. The summed E-state index contributed by atoms with van der Waals surface area (Å²) in [4.78, 5) is 25.8. The van der Waals surface area contributed by atoms with Crippen molar-refractivity contribution in [3.05, 3.63) is 71.3 Å². The fraction of sp³-hybridized carbons (Fsp3) is 0.333. The van der Waals surface area contributed by atoms with E-state index >= 15 is 0 Å². The van der Waals surface area contributed by atoms with E-state index in [0.29, 0.717) is 39.0 Å². The average molecular weight is 353 g/mol. The normalized spacial score (nSPS) is 16.2. The first kappa shape index (κ1) is 18.1. The monoisotopic (exact) mass is 353 g/mol. The molecule has 5 nitrogen and oxygen atoms in total. The Kier molecular flexibility index (Phi) is 6.02. The smallest absolute Gasteiger partial charge is 0.331 e. The van der Waals surface area contributed by atoms with Gasteiger partial charge in [-0.1, -0.05) is 54.6 Å². The minimum Gasteiger partial charge on any atom is -0.479 e. The quantitative estimate of drug-likeness (QED) is 0.776. The second kappa shape index (κ2) is 8.63. The van der Waals surface area contributed by atoms with Crippen molar-refractivity contribution < 1.29 is 19.4 Å². The topological polar surface area (TPSA) is 66.8 Å². The van der Waals surface area contributed by atoms with Crippen LogP contribution in [0.5, 0.6) is 0 Å². The molecule has 1 atom stereocenters. The Morgan fingerprint density at radius 3 is 2.58 bits per heavy atom. The number of aliphatic carboxylic acids is 1. The van der Waals surface area contributed by atoms with Crippen LogP contribution in [0, 0.1) is 0 Å². The van der Waals surface area contributed by atoms with Crippen LogP contribution in [-0.2, 0) is 27.4 Å². The average Bonchev–Trinajstić information content (AvgIpc) is 2.67. The van der Waals surface area contributed by atoms with Crippen LogP contribution in [0.25, 0.3) is 0 Å². The van der Waals surface area contributed by atoms with Gasteiger partial charge in [-0.25, -0.2) is 4.79 Å². The number of hydrogen-bond donors (Lipinski definition) is 1. The molecule has 5 heteroatoms. The first-order chi connectivity index (χ1) is 12.7. The van der Waals surface area contributed by atoms with Crippen molar-refractivity contribution >= 4 is 11.9 Å². The molecule has 2 aromatic rings. The molecule has 0 aromatic heterocycles. The van der Waals surface area contributed by atoms with Gasteiger partial charge >= 0.3 is 5.97 Å². The molecule has 3 rings (SSSR count). The third-order valence-electron chi connectivity index (χ3n) is 4.63. The Hall–Kier alpha value is -2.66. The highest BCUT2D eigenvalue weighted by atomic mass is 16.5. The molecule has 1 aliphatic heterocycles. The van der Waals surface area contributed by atoms with Crippen LogP contribution in [0.2, 0.25) is 0 Å². The highest BCUT2D eigenvalue weighted by Crippen LogP contribution is 2.30. The van der Waals surface area contributed by atoms with Gasteiger partial charge in [0.1, 0.15) is 0 Å². The first-order valence-corrected chi connectivity index (χ1v) is 8.88. The summed E-state index contributed by atoms with van der Waals surface area (Å²) in [6, 6.07) is 16.4. The van der Waals surface area contributed by atoms with E-state index in [4.69, 9.17) is 4.74 Å². The van der Waals surface area contributed by atoms with Crippen LogP contribution in [0.15, 0.2) is 54.6 Å². The fourth-order valence-electron chi connectivity index (χ4n) is 3.33. The maximum Gasteiger partial charge on any atom is 0.331 e. The summed E-state index contributed by atoms with van der Waals surface area (Å²) in [5, 5.41) is 9.62. The molecule has 26 heavy (non-hydrogen) atoms. The second-order valence-corrected chi connectivity index (χ2v) is 6.42. The summed E-state index contributed by atoms with van der Waals surface area (Å²) in [5.74, 6) is -1.11. The number of fused-ring (bicyclic) bond motifs is 1. The summed E-state index contributed by atoms with van der Waals surface area (Å²) < 4.78 is 5.60. The predicted octanol–water partition coefficient (Wildman–Crippen LogP) is 3.19. The van der Waals surface area contributed by atoms with Gasteiger partial charge in [-0.05, 0) is 29.5 Å². The fourth-order valence-corrected chi connectivity index (χ4v) is 3.33. The Morgan fingerprint density at radius 2 is 1.81 bits per heavy atom. The highest BCUT2D eigenvalue weighted by Gasteiger charge is 2.35. The molecule has 0 spiro atoms. The van der Waals surface area contributed by atoms with Gasteiger partial charge in [-0.3, -0.25) is 4.79 Å². The van der Waals surface area contributed by atoms with Crippen LogP contribution >= 0.6 is 0 Å². The van der Waals surface area contributed by atoms with E-state index in [9.17, 15) is 14.7 Å². The summed E-state index contributed by atoms with van der Waals surface area (Å²) in [6.07, 6.45) is 1.56. The number of ether oxygens (including phenoxy) is 1. The minimum atomic E-state index is -0.981. The van der Waals surface area contributed by atoms with Gasteiger partial charge < -0.3 is 14.7 Å². The number of nitrogens with zero attached hydrogens (tertiary/aromatic N) is 1. The minimum absolute atomic E-state index is 0.129. The third kappa shape index (κ3) is 4.29. The van der Waals surface area contributed by atoms with Crippen molar-refractivity contribution in [2.24, 2.45) is 0 Å². The zero-order valence-electron chi connectivity index (χ0n) is 14.6. The second-order valence-electron chi connectivity index (χ2n) is 6.42. The highest BCUT2D eigenvalue weighted by molar-refractivity contribution is 5.85. The first-order valence-electron chi connectivity index (χ1n) is 8.88. The van der Waals surface area contributed by atoms with Crippen molar-refractivity contribution in [1.29, 1.82) is 0 Å². The predicted molar refractivity (Wildman–Crippen MR) is 97.6 cm³/mol. The number of carbonyl (C=O) groups is 2. The molecule has 0 saturated heterocycles. The molecule has 1 amide bonds. The molecule has 1 heterocycles. The summed E-state index contributed by atoms with van der Waals surface area (Å²) in [6.45, 7) is 1.43. The van der Waals surface area contributed by atoms with Crippen molar-refractivity contribution in [3.8, 4) is 0 Å². The number of benzene rings is 2. The van der Waals surface area contributed by atoms with E-state index in [-0.39, 0.29) is 5.91 Å². The molecule has 0 fully saturated rings. The zero-order chi connectivity index (χ0) is 18.4. The number of rotatable bonds is 7. The zero-order valence-corrected chi connectivity index (χ0v) is 14.6. The number of carboxylic acid groups (broad SMARTS) is 1. The molecule has 1 aliphatic rings. The molecular formula is C21H23NO4. The number of amides is 1. The Labute approximate surface area is 153 Å². The molecule has 2 aromatic carbocycles. The van der Waals surface area contributed by atoms with Crippen molar-refractivity contribution in [1.82, 2.24) is 4.90 Å². The maximum atomic E-state index is 12.6. The lowest BCUT2D eigenvalue weighted by Crippen LogP contribution is -2.43. The van der Waals surface area contributed by atoms with E-state index < -0.39 is 12.0 Å². The van der Waals surface area contributed by atoms with Gasteiger partial charge in [0.05, 0.1) is 6.61 Å². The number of carboxylic acids is 1. The van der Waals surface area contributed by atoms with Crippen molar-refractivity contribution in [3.63, 3.8) is 0 Å². The van der Waals surface area contributed by atoms with Gasteiger partial charge in [-0.2, -0.15) is 0 Å². The SMILES string of the molecule is O=C(O)C1c2ccccc2CCN1C(=O)CCCOCc1ccccc1. The summed E-state index contributed by atoms with van der Waals surface area (Å²) >= 11 is 0. The Balaban J connectivity index is 1.52. The van der Waals surface area contributed by atoms with Crippen LogP contribution in [0.1, 0.15) is 35.6 Å². The van der Waals surface area contributed by atoms with Gasteiger partial charge in [0.25, 0.3) is 0 Å². The lowest BCUT2D eigenvalue weighted by Gasteiger charge is -2.34. The number of hydrogen-bond acceptors (Lipinski definition) is 3. The molecule has 136 valence electrons. The van der Waals surface area contributed by atoms with Crippen LogP contribution in [0.3, 0.4) is 0 Å². The largest absolute Gasteiger partial charge is 0.479 e. The van der Waals surface area contributed by atoms with Gasteiger partial charge in [0.2, 0.25) is 5.91 Å². The Bertz CT molecular complexity index is 760. The molecule has 0 bridgehead atoms. The maximum absolute atomic E-state index is 12.6. The third-order valence-corrected chi connectivity index (χ3v) is 4.63. The lowest BCUT2D eigenvalue weighted by molar-refractivity contribution is -0.151. The van der Waals surface area contributed by atoms with Gasteiger partial charge in [0, 0.05) is 19.6 Å². The van der Waals surface area contributed by atoms with E-state index in [1.807, 2.05) is 48.5 Å². The van der Waals surface area contributed by atoms with Crippen LogP contribution < -0.4 is 0 Å². The van der Waals surface area contributed by atoms with Crippen LogP contribution in [-0.4, -0.2) is 35.0 Å². The number of carbonyl (C=O) groups excluding carboxylic acids is 1. The molecule has 0 aliphatic carbocycles. The van der Waals surface area contributed by atoms with E-state index in [2.05, 4.69) is 0 Å². The summed E-state index contributed by atoms with van der Waals surface area (Å²) in [5.41, 5.74) is 2.83. The van der Waals surface area contributed by atoms with Crippen molar-refractivity contribution in [2.45, 2.75) is 31.9 Å². The molecule has 0 saturated carbocycles. The molecule has 1 N–H and O–H groups in total. The van der Waals surface area contributed by atoms with E-state index in [1.165, 1.54) is 4.90 Å². The van der Waals surface area contributed by atoms with E-state index in [0.717, 1.165) is 16.7 Å². The van der Waals surface area contributed by atoms with Crippen molar-refractivity contribution in [2.75, 3.05) is 13.2 Å². The standard InChI is InChI=1S/C21H23NO4/c23-19(11-6-14-26-15-16-7-2-1-3-8-16)22-13-12-17-9-4-5-10-18(17)20(22)21(24)25/h1-5,7-10,20H,6,11-15H2,(H,24,25). The van der Waals surface area contributed by atoms with E-state index in [1.54, 1.807) is 6.07 Å². The lowest BCUT2D eigenvalue weighted by atomic mass is 9.92. The van der Waals surface area contributed by atoms with Crippen LogP contribution in [0.4, 0.5) is 0 Å². The summed E-state index contributed by atoms with van der Waals surface area (Å²) in [7, 11) is 0. The molecule has 1 unspecified atom stereocenters.